The van der Waals surface area contributed by atoms with Crippen LogP contribution in [0.3, 0.4) is 0 Å². The minimum atomic E-state index is -3.34. The summed E-state index contributed by atoms with van der Waals surface area (Å²) in [6, 6.07) is -0.714. The molecule has 1 aliphatic rings. The molecule has 1 saturated heterocycles. The molecule has 0 N–H and O–H groups in total. The maximum Gasteiger partial charge on any atom is 0.321 e. The van der Waals surface area contributed by atoms with Crippen LogP contribution in [0.1, 0.15) is 0 Å². The van der Waals surface area contributed by atoms with Crippen LogP contribution >= 0.6 is 23.2 Å². The Hall–Kier alpha value is -0.530. The van der Waals surface area contributed by atoms with Crippen LogP contribution in [-0.4, -0.2) is 67.7 Å². The van der Waals surface area contributed by atoms with Gasteiger partial charge in [-0.3, -0.25) is 9.59 Å². The smallest absolute Gasteiger partial charge is 0.321 e. The maximum atomic E-state index is 11.5. The summed E-state index contributed by atoms with van der Waals surface area (Å²) in [5, 5.41) is 0. The second kappa shape index (κ2) is 6.08. The summed E-state index contributed by atoms with van der Waals surface area (Å²) in [6.45, 7) is 0. The number of rotatable bonds is 4. The van der Waals surface area contributed by atoms with Gasteiger partial charge in [-0.05, 0) is 0 Å². The molecule has 0 aromatic heterocycles. The molecule has 9 heteroatoms. The molecule has 0 radical (unpaired) electrons. The molecule has 18 heavy (non-hydrogen) atoms. The van der Waals surface area contributed by atoms with E-state index < -0.39 is 33.9 Å². The van der Waals surface area contributed by atoms with E-state index in [0.717, 1.165) is 0 Å². The van der Waals surface area contributed by atoms with Gasteiger partial charge >= 0.3 is 5.97 Å². The number of amides is 1. The average Bonchev–Trinajstić information content (AvgIpc) is 2.62. The van der Waals surface area contributed by atoms with Crippen LogP contribution in [0.5, 0.6) is 0 Å². The molecule has 6 nitrogen and oxygen atoms in total. The Labute approximate surface area is 115 Å². The summed E-state index contributed by atoms with van der Waals surface area (Å²) in [4.78, 5) is 23.7. The number of sulfone groups is 1. The summed E-state index contributed by atoms with van der Waals surface area (Å²) in [5.74, 6) is -2.31. The molecule has 1 rings (SSSR count). The lowest BCUT2D eigenvalue weighted by Gasteiger charge is -2.27. The number of halogens is 2. The first-order chi connectivity index (χ1) is 8.30. The molecule has 0 bridgehead atoms. The third-order valence-electron chi connectivity index (χ3n) is 2.67. The van der Waals surface area contributed by atoms with Crippen molar-refractivity contribution in [3.8, 4) is 0 Å². The largest absolute Gasteiger partial charge is 0.458 e. The first-order valence-corrected chi connectivity index (χ1v) is 7.97. The van der Waals surface area contributed by atoms with Crippen molar-refractivity contribution in [2.45, 2.75) is 12.1 Å². The minimum Gasteiger partial charge on any atom is -0.458 e. The lowest BCUT2D eigenvalue weighted by molar-refractivity contribution is -0.149. The van der Waals surface area contributed by atoms with Gasteiger partial charge in [0.25, 0.3) is 0 Å². The van der Waals surface area contributed by atoms with Gasteiger partial charge in [-0.15, -0.1) is 23.2 Å². The van der Waals surface area contributed by atoms with Gasteiger partial charge < -0.3 is 9.64 Å². The van der Waals surface area contributed by atoms with Gasteiger partial charge in [-0.1, -0.05) is 0 Å². The van der Waals surface area contributed by atoms with E-state index in [1.54, 1.807) is 0 Å². The molecule has 0 unspecified atom stereocenters. The van der Waals surface area contributed by atoms with Crippen molar-refractivity contribution in [2.24, 2.45) is 0 Å². The molecular formula is C9H13Cl2NO5S. The number of alkyl halides is 2. The molecule has 1 fully saturated rings. The average molecular weight is 318 g/mol. The fraction of sp³-hybridized carbons (Fsp3) is 0.778. The van der Waals surface area contributed by atoms with Crippen molar-refractivity contribution in [1.82, 2.24) is 4.90 Å². The monoisotopic (exact) mass is 317 g/mol. The predicted octanol–water partition coefficient (Wildman–Crippen LogP) is -0.369. The van der Waals surface area contributed by atoms with Crippen molar-refractivity contribution in [2.75, 3.05) is 30.3 Å². The van der Waals surface area contributed by atoms with Crippen LogP contribution in [0.4, 0.5) is 0 Å². The Morgan fingerprint density at radius 3 is 2.39 bits per heavy atom. The Morgan fingerprint density at radius 2 is 1.89 bits per heavy atom. The zero-order valence-corrected chi connectivity index (χ0v) is 12.0. The quantitative estimate of drug-likeness (QED) is 0.522. The van der Waals surface area contributed by atoms with E-state index in [0.29, 0.717) is 0 Å². The van der Waals surface area contributed by atoms with Gasteiger partial charge in [-0.2, -0.15) is 0 Å². The molecule has 0 spiro atoms. The molecule has 0 aromatic carbocycles. The van der Waals surface area contributed by atoms with Gasteiger partial charge in [-0.25, -0.2) is 8.42 Å². The molecule has 104 valence electrons. The van der Waals surface area contributed by atoms with E-state index in [2.05, 4.69) is 0 Å². The van der Waals surface area contributed by atoms with E-state index in [1.807, 2.05) is 0 Å². The predicted molar refractivity (Wildman–Crippen MR) is 66.5 cm³/mol. The van der Waals surface area contributed by atoms with Crippen LogP contribution in [0, 0.1) is 0 Å². The zero-order valence-electron chi connectivity index (χ0n) is 9.64. The summed E-state index contributed by atoms with van der Waals surface area (Å²) in [5.41, 5.74) is 0. The maximum absolute atomic E-state index is 11.5. The third-order valence-corrected chi connectivity index (χ3v) is 4.80. The number of likely N-dealkylation sites (N-methyl/N-ethyl adjacent to an activating group) is 1. The SMILES string of the molecule is CN(C(=O)CCl)[C@H]1CS(=O)(=O)C[C@@H]1OC(=O)CCl. The normalized spacial score (nSPS) is 25.7. The van der Waals surface area contributed by atoms with Crippen LogP contribution in [0.25, 0.3) is 0 Å². The standard InChI is InChI=1S/C9H13Cl2NO5S/c1-12(8(13)2-10)6-4-18(15,16)5-7(6)17-9(14)3-11/h6-7H,2-5H2,1H3/t6-,7-/m0/s1. The number of esters is 1. The van der Waals surface area contributed by atoms with Crippen molar-refractivity contribution in [1.29, 1.82) is 0 Å². The Morgan fingerprint density at radius 1 is 1.28 bits per heavy atom. The van der Waals surface area contributed by atoms with Gasteiger partial charge in [0, 0.05) is 7.05 Å². The fourth-order valence-corrected chi connectivity index (χ4v) is 3.89. The van der Waals surface area contributed by atoms with E-state index in [1.165, 1.54) is 11.9 Å². The van der Waals surface area contributed by atoms with Crippen LogP contribution < -0.4 is 0 Å². The summed E-state index contributed by atoms with van der Waals surface area (Å²) >= 11 is 10.7. The molecule has 2 atom stereocenters. The highest BCUT2D eigenvalue weighted by molar-refractivity contribution is 7.91. The summed E-state index contributed by atoms with van der Waals surface area (Å²) in [6.07, 6.45) is -0.890. The molecule has 1 heterocycles. The highest BCUT2D eigenvalue weighted by Gasteiger charge is 2.43. The molecule has 1 amide bonds. The summed E-state index contributed by atoms with van der Waals surface area (Å²) in [7, 11) is -1.91. The topological polar surface area (TPSA) is 80.8 Å². The van der Waals surface area contributed by atoms with Crippen molar-refractivity contribution >= 4 is 44.9 Å². The van der Waals surface area contributed by atoms with Gasteiger partial charge in [0.05, 0.1) is 17.5 Å². The Kier molecular flexibility index (Phi) is 5.24. The van der Waals surface area contributed by atoms with E-state index in [4.69, 9.17) is 27.9 Å². The first kappa shape index (κ1) is 15.5. The lowest BCUT2D eigenvalue weighted by atomic mass is 10.2. The Bertz CT molecular complexity index is 438. The lowest BCUT2D eigenvalue weighted by Crippen LogP contribution is -2.46. The number of hydrogen-bond acceptors (Lipinski definition) is 5. The second-order valence-electron chi connectivity index (χ2n) is 3.94. The van der Waals surface area contributed by atoms with Gasteiger partial charge in [0.15, 0.2) is 9.84 Å². The number of hydrogen-bond donors (Lipinski definition) is 0. The minimum absolute atomic E-state index is 0.244. The van der Waals surface area contributed by atoms with Crippen molar-refractivity contribution in [3.05, 3.63) is 0 Å². The number of carbonyl (C=O) groups is 2. The Balaban J connectivity index is 2.85. The van der Waals surface area contributed by atoms with Crippen LogP contribution in [0.15, 0.2) is 0 Å². The van der Waals surface area contributed by atoms with Gasteiger partial charge in [0.1, 0.15) is 17.9 Å². The molecule has 0 aromatic rings. The van der Waals surface area contributed by atoms with Gasteiger partial charge in [0.2, 0.25) is 5.91 Å². The summed E-state index contributed by atoms with van der Waals surface area (Å²) < 4.78 is 28.0. The molecule has 0 saturated carbocycles. The van der Waals surface area contributed by atoms with E-state index >= 15 is 0 Å². The number of ether oxygens (including phenoxy) is 1. The van der Waals surface area contributed by atoms with Crippen LogP contribution in [-0.2, 0) is 24.2 Å². The van der Waals surface area contributed by atoms with Crippen LogP contribution in [0.2, 0.25) is 0 Å². The van der Waals surface area contributed by atoms with Crippen molar-refractivity contribution in [3.63, 3.8) is 0 Å². The highest BCUT2D eigenvalue weighted by atomic mass is 35.5. The number of nitrogens with zero attached hydrogens (tertiary/aromatic N) is 1. The van der Waals surface area contributed by atoms with Crippen molar-refractivity contribution < 1.29 is 22.7 Å². The zero-order chi connectivity index (χ0) is 13.9. The van der Waals surface area contributed by atoms with E-state index in [9.17, 15) is 18.0 Å². The highest BCUT2D eigenvalue weighted by Crippen LogP contribution is 2.21. The molecule has 0 aliphatic carbocycles. The fourth-order valence-electron chi connectivity index (χ4n) is 1.75. The van der Waals surface area contributed by atoms with E-state index in [-0.39, 0.29) is 23.3 Å². The second-order valence-corrected chi connectivity index (χ2v) is 6.63. The third kappa shape index (κ3) is 3.73. The molecular weight excluding hydrogens is 305 g/mol. The number of carbonyl (C=O) groups excluding carboxylic acids is 2. The first-order valence-electron chi connectivity index (χ1n) is 5.08. The molecule has 1 aliphatic heterocycles.